The van der Waals surface area contributed by atoms with Gasteiger partial charge in [0, 0.05) is 6.20 Å². The molecule has 0 unspecified atom stereocenters. The minimum Gasteiger partial charge on any atom is -0.397 e. The zero-order valence-corrected chi connectivity index (χ0v) is 8.82. The highest BCUT2D eigenvalue weighted by molar-refractivity contribution is 5.99. The molecule has 0 fully saturated rings. The molecule has 15 heavy (non-hydrogen) atoms. The molecule has 0 aliphatic carbocycles. The number of nitrogen functional groups attached to an aromatic ring is 1. The second-order valence-corrected chi connectivity index (χ2v) is 3.96. The third-order valence-corrected chi connectivity index (χ3v) is 1.94. The fourth-order valence-corrected chi connectivity index (χ4v) is 1.03. The summed E-state index contributed by atoms with van der Waals surface area (Å²) in [6.07, 6.45) is 2.91. The molecule has 5 nitrogen and oxygen atoms in total. The first-order chi connectivity index (χ1) is 6.96. The first-order valence-corrected chi connectivity index (χ1v) is 4.59. The van der Waals surface area contributed by atoms with Crippen molar-refractivity contribution in [3.63, 3.8) is 0 Å². The molecule has 0 atom stereocenters. The van der Waals surface area contributed by atoms with Crippen LogP contribution in [0.1, 0.15) is 24.2 Å². The van der Waals surface area contributed by atoms with Gasteiger partial charge in [0.25, 0.3) is 5.91 Å². The monoisotopic (exact) mass is 209 g/mol. The van der Waals surface area contributed by atoms with Crippen LogP contribution in [0.5, 0.6) is 0 Å². The Labute approximate surface area is 88.3 Å². The first kappa shape index (κ1) is 11.5. The number of hydrogen-bond donors (Lipinski definition) is 3. The molecule has 0 bridgehead atoms. The number of rotatable bonds is 3. The molecular formula is C10H15N3O2. The van der Waals surface area contributed by atoms with Crippen LogP contribution in [0.2, 0.25) is 0 Å². The number of anilines is 1. The third kappa shape index (κ3) is 2.92. The molecule has 0 aliphatic rings. The Morgan fingerprint density at radius 1 is 1.67 bits per heavy atom. The molecule has 1 heterocycles. The maximum atomic E-state index is 11.7. The van der Waals surface area contributed by atoms with Gasteiger partial charge in [-0.1, -0.05) is 0 Å². The number of nitrogens with zero attached hydrogens (tertiary/aromatic N) is 1. The van der Waals surface area contributed by atoms with Gasteiger partial charge in [-0.15, -0.1) is 0 Å². The summed E-state index contributed by atoms with van der Waals surface area (Å²) in [5.74, 6) is -0.311. The average Bonchev–Trinajstić information content (AvgIpc) is 2.17. The summed E-state index contributed by atoms with van der Waals surface area (Å²) in [6, 6.07) is 1.54. The van der Waals surface area contributed by atoms with Gasteiger partial charge in [-0.25, -0.2) is 0 Å². The quantitative estimate of drug-likeness (QED) is 0.662. The van der Waals surface area contributed by atoms with Crippen LogP contribution in [0, 0.1) is 0 Å². The van der Waals surface area contributed by atoms with Crippen LogP contribution < -0.4 is 11.1 Å². The summed E-state index contributed by atoms with van der Waals surface area (Å²) in [7, 11) is 0. The van der Waals surface area contributed by atoms with Gasteiger partial charge >= 0.3 is 0 Å². The molecule has 82 valence electrons. The van der Waals surface area contributed by atoms with Crippen LogP contribution >= 0.6 is 0 Å². The number of amides is 1. The molecule has 0 saturated carbocycles. The molecule has 0 aliphatic heterocycles. The zero-order valence-electron chi connectivity index (χ0n) is 8.82. The Morgan fingerprint density at radius 3 is 2.87 bits per heavy atom. The van der Waals surface area contributed by atoms with Crippen molar-refractivity contribution in [2.45, 2.75) is 19.4 Å². The minimum absolute atomic E-state index is 0.135. The fourth-order valence-electron chi connectivity index (χ4n) is 1.03. The molecule has 5 heteroatoms. The number of nitrogens with one attached hydrogen (secondary N) is 1. The summed E-state index contributed by atoms with van der Waals surface area (Å²) >= 11 is 0. The lowest BCUT2D eigenvalue weighted by atomic mass is 10.1. The Hall–Kier alpha value is -1.62. The van der Waals surface area contributed by atoms with E-state index in [0.29, 0.717) is 11.3 Å². The van der Waals surface area contributed by atoms with E-state index in [0.717, 1.165) is 0 Å². The molecule has 1 rings (SSSR count). The van der Waals surface area contributed by atoms with Crippen LogP contribution in [-0.4, -0.2) is 28.1 Å². The van der Waals surface area contributed by atoms with E-state index in [1.54, 1.807) is 13.8 Å². The lowest BCUT2D eigenvalue weighted by Crippen LogP contribution is -2.46. The summed E-state index contributed by atoms with van der Waals surface area (Å²) in [4.78, 5) is 15.5. The second kappa shape index (κ2) is 4.27. The minimum atomic E-state index is -0.660. The molecule has 1 aromatic heterocycles. The maximum Gasteiger partial charge on any atom is 0.253 e. The summed E-state index contributed by atoms with van der Waals surface area (Å²) in [5.41, 5.74) is 5.63. The zero-order chi connectivity index (χ0) is 11.5. The number of pyridine rings is 1. The standard InChI is InChI=1S/C10H15N3O2/c1-10(2,6-14)13-9(15)7-3-4-12-5-8(7)11/h3-5,14H,6,11H2,1-2H3,(H,13,15). The van der Waals surface area contributed by atoms with Crippen molar-refractivity contribution in [2.24, 2.45) is 0 Å². The summed E-state index contributed by atoms with van der Waals surface area (Å²) in [5, 5.41) is 11.7. The van der Waals surface area contributed by atoms with Crippen LogP contribution in [0.3, 0.4) is 0 Å². The van der Waals surface area contributed by atoms with Crippen LogP contribution in [0.25, 0.3) is 0 Å². The van der Waals surface area contributed by atoms with Crippen molar-refractivity contribution in [3.8, 4) is 0 Å². The Balaban J connectivity index is 2.83. The maximum absolute atomic E-state index is 11.7. The van der Waals surface area contributed by atoms with Gasteiger partial charge in [0.1, 0.15) is 0 Å². The predicted octanol–water partition coefficient (Wildman–Crippen LogP) is 0.165. The van der Waals surface area contributed by atoms with E-state index < -0.39 is 5.54 Å². The van der Waals surface area contributed by atoms with Gasteiger partial charge in [0.05, 0.1) is 29.6 Å². The normalized spacial score (nSPS) is 11.1. The molecule has 1 aromatic rings. The Kier molecular flexibility index (Phi) is 3.26. The van der Waals surface area contributed by atoms with Crippen molar-refractivity contribution in [2.75, 3.05) is 12.3 Å². The SMILES string of the molecule is CC(C)(CO)NC(=O)c1ccncc1N. The highest BCUT2D eigenvalue weighted by Gasteiger charge is 2.20. The molecule has 1 amide bonds. The molecule has 0 radical (unpaired) electrons. The van der Waals surface area contributed by atoms with E-state index in [9.17, 15) is 4.79 Å². The van der Waals surface area contributed by atoms with Crippen molar-refractivity contribution in [1.82, 2.24) is 10.3 Å². The first-order valence-electron chi connectivity index (χ1n) is 4.59. The predicted molar refractivity (Wildman–Crippen MR) is 57.3 cm³/mol. The molecule has 0 saturated heterocycles. The van der Waals surface area contributed by atoms with Crippen molar-refractivity contribution in [1.29, 1.82) is 0 Å². The van der Waals surface area contributed by atoms with Gasteiger partial charge in [-0.2, -0.15) is 0 Å². The van der Waals surface area contributed by atoms with Gasteiger partial charge in [-0.3, -0.25) is 9.78 Å². The largest absolute Gasteiger partial charge is 0.397 e. The Morgan fingerprint density at radius 2 is 2.33 bits per heavy atom. The highest BCUT2D eigenvalue weighted by atomic mass is 16.3. The van der Waals surface area contributed by atoms with Crippen molar-refractivity contribution < 1.29 is 9.90 Å². The number of aliphatic hydroxyl groups is 1. The van der Waals surface area contributed by atoms with E-state index in [2.05, 4.69) is 10.3 Å². The van der Waals surface area contributed by atoms with Gasteiger partial charge < -0.3 is 16.2 Å². The number of aliphatic hydroxyl groups excluding tert-OH is 1. The third-order valence-electron chi connectivity index (χ3n) is 1.94. The molecule has 0 spiro atoms. The summed E-state index contributed by atoms with van der Waals surface area (Å²) < 4.78 is 0. The van der Waals surface area contributed by atoms with Gasteiger partial charge in [0.15, 0.2) is 0 Å². The fraction of sp³-hybridized carbons (Fsp3) is 0.400. The smallest absolute Gasteiger partial charge is 0.253 e. The van der Waals surface area contributed by atoms with Crippen molar-refractivity contribution in [3.05, 3.63) is 24.0 Å². The topological polar surface area (TPSA) is 88.2 Å². The second-order valence-electron chi connectivity index (χ2n) is 3.96. The lowest BCUT2D eigenvalue weighted by Gasteiger charge is -2.23. The molecule has 4 N–H and O–H groups in total. The number of hydrogen-bond acceptors (Lipinski definition) is 4. The van der Waals surface area contributed by atoms with E-state index in [4.69, 9.17) is 10.8 Å². The highest BCUT2D eigenvalue weighted by Crippen LogP contribution is 2.10. The van der Waals surface area contributed by atoms with E-state index in [1.165, 1.54) is 18.5 Å². The molecular weight excluding hydrogens is 194 g/mol. The molecule has 0 aromatic carbocycles. The van der Waals surface area contributed by atoms with Crippen molar-refractivity contribution >= 4 is 11.6 Å². The van der Waals surface area contributed by atoms with Crippen LogP contribution in [-0.2, 0) is 0 Å². The van der Waals surface area contributed by atoms with Crippen LogP contribution in [0.15, 0.2) is 18.5 Å². The average molecular weight is 209 g/mol. The van der Waals surface area contributed by atoms with Crippen LogP contribution in [0.4, 0.5) is 5.69 Å². The van der Waals surface area contributed by atoms with Gasteiger partial charge in [-0.05, 0) is 19.9 Å². The number of carbonyl (C=O) groups is 1. The van der Waals surface area contributed by atoms with Gasteiger partial charge in [0.2, 0.25) is 0 Å². The Bertz CT molecular complexity index is 363. The number of aromatic nitrogens is 1. The van der Waals surface area contributed by atoms with E-state index >= 15 is 0 Å². The van der Waals surface area contributed by atoms with E-state index in [-0.39, 0.29) is 12.5 Å². The number of carbonyl (C=O) groups excluding carboxylic acids is 1. The lowest BCUT2D eigenvalue weighted by molar-refractivity contribution is 0.0870. The summed E-state index contributed by atoms with van der Waals surface area (Å²) in [6.45, 7) is 3.31. The van der Waals surface area contributed by atoms with E-state index in [1.807, 2.05) is 0 Å². The number of nitrogens with two attached hydrogens (primary N) is 1.